The average Bonchev–Trinajstić information content (AvgIpc) is 2.91. The lowest BCUT2D eigenvalue weighted by atomic mass is 10.1. The highest BCUT2D eigenvalue weighted by Gasteiger charge is 2.22. The van der Waals surface area contributed by atoms with Gasteiger partial charge in [-0.25, -0.2) is 9.97 Å². The number of carbonyl (C=O) groups excluding carboxylic acids is 1. The van der Waals surface area contributed by atoms with Gasteiger partial charge in [0.1, 0.15) is 0 Å². The maximum atomic E-state index is 11.5. The van der Waals surface area contributed by atoms with Gasteiger partial charge in [-0.2, -0.15) is 0 Å². The summed E-state index contributed by atoms with van der Waals surface area (Å²) in [7, 11) is 0. The number of rotatable bonds is 3. The zero-order valence-electron chi connectivity index (χ0n) is 11.3. The topological polar surface area (TPSA) is 66.9 Å². The predicted octanol–water partition coefficient (Wildman–Crippen LogP) is 2.39. The Morgan fingerprint density at radius 3 is 2.79 bits per heavy atom. The van der Waals surface area contributed by atoms with Crippen LogP contribution in [0.15, 0.2) is 0 Å². The number of carbonyl (C=O) groups is 1. The molecule has 0 aromatic carbocycles. The van der Waals surface area contributed by atoms with E-state index in [2.05, 4.69) is 20.6 Å². The second-order valence-electron chi connectivity index (χ2n) is 5.43. The number of fused-ring (bicyclic) bond motifs is 1. The quantitative estimate of drug-likeness (QED) is 0.817. The molecule has 5 heteroatoms. The summed E-state index contributed by atoms with van der Waals surface area (Å²) in [5.74, 6) is 1.09. The van der Waals surface area contributed by atoms with Gasteiger partial charge in [0.25, 0.3) is 0 Å². The fraction of sp³-hybridized carbons (Fsp3) is 0.643. The first-order chi connectivity index (χ1) is 9.24. The number of hydrogen-bond donors (Lipinski definition) is 2. The van der Waals surface area contributed by atoms with E-state index in [4.69, 9.17) is 0 Å². The van der Waals surface area contributed by atoms with Gasteiger partial charge in [-0.1, -0.05) is 12.8 Å². The van der Waals surface area contributed by atoms with Crippen LogP contribution in [-0.4, -0.2) is 28.3 Å². The van der Waals surface area contributed by atoms with Gasteiger partial charge >= 0.3 is 0 Å². The molecule has 0 amide bonds. The Morgan fingerprint density at radius 2 is 2.05 bits per heavy atom. The SMILES string of the molecule is CC(=O)c1nc2c(c(NC3CCCC3)n1)NCCC2. The average molecular weight is 260 g/mol. The molecule has 2 heterocycles. The molecule has 1 saturated carbocycles. The van der Waals surface area contributed by atoms with Crippen LogP contribution in [0.2, 0.25) is 0 Å². The molecule has 0 saturated heterocycles. The standard InChI is InChI=1S/C14H20N4O/c1-9(19)13-17-11-7-4-8-15-12(11)14(18-13)16-10-5-2-3-6-10/h10,15H,2-8H2,1H3,(H,16,17,18). The lowest BCUT2D eigenvalue weighted by molar-refractivity contribution is 0.100. The lowest BCUT2D eigenvalue weighted by Gasteiger charge is -2.23. The molecule has 1 aromatic heterocycles. The highest BCUT2D eigenvalue weighted by molar-refractivity contribution is 5.91. The third-order valence-electron chi connectivity index (χ3n) is 3.89. The smallest absolute Gasteiger partial charge is 0.198 e. The first-order valence-electron chi connectivity index (χ1n) is 7.16. The molecule has 1 aliphatic carbocycles. The summed E-state index contributed by atoms with van der Waals surface area (Å²) in [6, 6.07) is 0.488. The first-order valence-corrected chi connectivity index (χ1v) is 7.16. The third-order valence-corrected chi connectivity index (χ3v) is 3.89. The van der Waals surface area contributed by atoms with Crippen molar-refractivity contribution in [2.45, 2.75) is 51.5 Å². The van der Waals surface area contributed by atoms with Crippen LogP contribution in [0.25, 0.3) is 0 Å². The van der Waals surface area contributed by atoms with E-state index in [1.807, 2.05) is 0 Å². The van der Waals surface area contributed by atoms with Crippen molar-refractivity contribution in [2.75, 3.05) is 17.2 Å². The maximum absolute atomic E-state index is 11.5. The second kappa shape index (κ2) is 5.15. The van der Waals surface area contributed by atoms with Crippen LogP contribution in [0.3, 0.4) is 0 Å². The van der Waals surface area contributed by atoms with Crippen molar-refractivity contribution >= 4 is 17.3 Å². The minimum absolute atomic E-state index is 0.0668. The summed E-state index contributed by atoms with van der Waals surface area (Å²) >= 11 is 0. The molecule has 1 fully saturated rings. The summed E-state index contributed by atoms with van der Waals surface area (Å²) in [4.78, 5) is 20.3. The molecule has 19 heavy (non-hydrogen) atoms. The zero-order chi connectivity index (χ0) is 13.2. The van der Waals surface area contributed by atoms with Crippen LogP contribution < -0.4 is 10.6 Å². The Kier molecular flexibility index (Phi) is 3.36. The normalized spacial score (nSPS) is 18.8. The summed E-state index contributed by atoms with van der Waals surface area (Å²) < 4.78 is 0. The molecule has 2 N–H and O–H groups in total. The Bertz CT molecular complexity index is 494. The van der Waals surface area contributed by atoms with Gasteiger partial charge in [0.15, 0.2) is 17.4 Å². The Morgan fingerprint density at radius 1 is 1.26 bits per heavy atom. The van der Waals surface area contributed by atoms with Crippen molar-refractivity contribution in [1.82, 2.24) is 9.97 Å². The minimum Gasteiger partial charge on any atom is -0.381 e. The number of anilines is 2. The number of aryl methyl sites for hydroxylation is 1. The molecule has 102 valence electrons. The summed E-state index contributed by atoms with van der Waals surface area (Å²) in [5, 5.41) is 6.87. The van der Waals surface area contributed by atoms with Crippen molar-refractivity contribution in [3.8, 4) is 0 Å². The second-order valence-corrected chi connectivity index (χ2v) is 5.43. The molecule has 5 nitrogen and oxygen atoms in total. The largest absolute Gasteiger partial charge is 0.381 e. The molecule has 3 rings (SSSR count). The molecule has 1 aliphatic heterocycles. The molecular formula is C14H20N4O. The van der Waals surface area contributed by atoms with Crippen LogP contribution in [0.4, 0.5) is 11.5 Å². The van der Waals surface area contributed by atoms with E-state index < -0.39 is 0 Å². The molecule has 0 unspecified atom stereocenters. The van der Waals surface area contributed by atoms with Crippen molar-refractivity contribution in [3.63, 3.8) is 0 Å². The monoisotopic (exact) mass is 260 g/mol. The number of aromatic nitrogens is 2. The zero-order valence-corrected chi connectivity index (χ0v) is 11.3. The lowest BCUT2D eigenvalue weighted by Crippen LogP contribution is -2.23. The maximum Gasteiger partial charge on any atom is 0.198 e. The van der Waals surface area contributed by atoms with Crippen molar-refractivity contribution in [1.29, 1.82) is 0 Å². The molecule has 1 aromatic rings. The van der Waals surface area contributed by atoms with Gasteiger partial charge in [-0.15, -0.1) is 0 Å². The van der Waals surface area contributed by atoms with Crippen molar-refractivity contribution in [2.24, 2.45) is 0 Å². The van der Waals surface area contributed by atoms with E-state index in [1.54, 1.807) is 0 Å². The van der Waals surface area contributed by atoms with Gasteiger partial charge in [-0.3, -0.25) is 4.79 Å². The summed E-state index contributed by atoms with van der Waals surface area (Å²) in [6.07, 6.45) is 6.91. The molecular weight excluding hydrogens is 240 g/mol. The van der Waals surface area contributed by atoms with E-state index in [0.29, 0.717) is 11.9 Å². The fourth-order valence-corrected chi connectivity index (χ4v) is 2.87. The molecule has 0 radical (unpaired) electrons. The number of nitrogens with one attached hydrogen (secondary N) is 2. The third kappa shape index (κ3) is 2.55. The van der Waals surface area contributed by atoms with Crippen LogP contribution >= 0.6 is 0 Å². The van der Waals surface area contributed by atoms with Crippen LogP contribution in [0.1, 0.15) is 55.3 Å². The molecule has 0 spiro atoms. The summed E-state index contributed by atoms with van der Waals surface area (Å²) in [5.41, 5.74) is 1.98. The van der Waals surface area contributed by atoms with Crippen molar-refractivity contribution < 1.29 is 4.79 Å². The van der Waals surface area contributed by atoms with Crippen molar-refractivity contribution in [3.05, 3.63) is 11.5 Å². The van der Waals surface area contributed by atoms with E-state index >= 15 is 0 Å². The molecule has 0 atom stereocenters. The van der Waals surface area contributed by atoms with E-state index in [0.717, 1.165) is 36.6 Å². The van der Waals surface area contributed by atoms with Crippen LogP contribution in [0, 0.1) is 0 Å². The van der Waals surface area contributed by atoms with Crippen LogP contribution in [0.5, 0.6) is 0 Å². The summed E-state index contributed by atoms with van der Waals surface area (Å²) in [6.45, 7) is 2.48. The van der Waals surface area contributed by atoms with Crippen LogP contribution in [-0.2, 0) is 6.42 Å². The highest BCUT2D eigenvalue weighted by atomic mass is 16.1. The van der Waals surface area contributed by atoms with E-state index in [1.165, 1.54) is 32.6 Å². The van der Waals surface area contributed by atoms with Gasteiger partial charge in [0.2, 0.25) is 0 Å². The fourth-order valence-electron chi connectivity index (χ4n) is 2.87. The highest BCUT2D eigenvalue weighted by Crippen LogP contribution is 2.30. The molecule has 0 bridgehead atoms. The Balaban J connectivity index is 1.94. The predicted molar refractivity (Wildman–Crippen MR) is 74.7 cm³/mol. The number of Topliss-reactive ketones (excluding diaryl/α,β-unsaturated/α-hetero) is 1. The van der Waals surface area contributed by atoms with Gasteiger partial charge in [-0.05, 0) is 25.7 Å². The van der Waals surface area contributed by atoms with Gasteiger partial charge in [0.05, 0.1) is 11.4 Å². The van der Waals surface area contributed by atoms with Gasteiger partial charge < -0.3 is 10.6 Å². The number of nitrogens with zero attached hydrogens (tertiary/aromatic N) is 2. The number of ketones is 1. The first kappa shape index (κ1) is 12.4. The minimum atomic E-state index is -0.0668. The van der Waals surface area contributed by atoms with E-state index in [9.17, 15) is 4.79 Å². The molecule has 2 aliphatic rings. The van der Waals surface area contributed by atoms with E-state index in [-0.39, 0.29) is 5.78 Å². The van der Waals surface area contributed by atoms with Gasteiger partial charge in [0, 0.05) is 19.5 Å². The Hall–Kier alpha value is -1.65. The Labute approximate surface area is 113 Å². The number of hydrogen-bond acceptors (Lipinski definition) is 5.